The Balaban J connectivity index is 1.33. The van der Waals surface area contributed by atoms with Gasteiger partial charge in [0.25, 0.3) is 11.8 Å². The lowest BCUT2D eigenvalue weighted by Gasteiger charge is -2.19. The third-order valence-corrected chi connectivity index (χ3v) is 7.21. The van der Waals surface area contributed by atoms with Crippen LogP contribution in [0.15, 0.2) is 85.3 Å². The fourth-order valence-corrected chi connectivity index (χ4v) is 5.13. The molecule has 212 valence electrons. The highest BCUT2D eigenvalue weighted by Gasteiger charge is 2.39. The Morgan fingerprint density at radius 1 is 0.930 bits per heavy atom. The zero-order valence-electron chi connectivity index (χ0n) is 22.6. The summed E-state index contributed by atoms with van der Waals surface area (Å²) in [5.74, 6) is -1.92. The third kappa shape index (κ3) is 4.45. The van der Waals surface area contributed by atoms with Crippen LogP contribution in [0.4, 0.5) is 10.2 Å². The summed E-state index contributed by atoms with van der Waals surface area (Å²) in [5, 5.41) is 9.87. The van der Waals surface area contributed by atoms with Crippen LogP contribution < -0.4 is 9.64 Å². The van der Waals surface area contributed by atoms with Crippen LogP contribution in [0.5, 0.6) is 5.75 Å². The molecule has 4 heterocycles. The van der Waals surface area contributed by atoms with E-state index in [1.54, 1.807) is 59.7 Å². The molecule has 1 aliphatic heterocycles. The quantitative estimate of drug-likeness (QED) is 0.202. The van der Waals surface area contributed by atoms with Crippen LogP contribution in [0.1, 0.15) is 26.3 Å². The Labute approximate surface area is 242 Å². The molecule has 11 nitrogen and oxygen atoms in total. The largest absolute Gasteiger partial charge is 0.485 e. The number of amides is 2. The van der Waals surface area contributed by atoms with Gasteiger partial charge in [0.1, 0.15) is 19.0 Å². The number of anilines is 1. The summed E-state index contributed by atoms with van der Waals surface area (Å²) in [5.41, 5.74) is 2.87. The van der Waals surface area contributed by atoms with E-state index in [4.69, 9.17) is 9.47 Å². The van der Waals surface area contributed by atoms with Gasteiger partial charge in [-0.2, -0.15) is 10.2 Å². The van der Waals surface area contributed by atoms with Gasteiger partial charge in [-0.05, 0) is 54.6 Å². The van der Waals surface area contributed by atoms with Crippen molar-refractivity contribution in [3.63, 3.8) is 0 Å². The normalized spacial score (nSPS) is 12.7. The van der Waals surface area contributed by atoms with Crippen LogP contribution >= 0.6 is 0 Å². The lowest BCUT2D eigenvalue weighted by Crippen LogP contribution is -2.30. The average molecular weight is 577 g/mol. The first kappa shape index (κ1) is 26.0. The van der Waals surface area contributed by atoms with E-state index in [1.165, 1.54) is 30.0 Å². The van der Waals surface area contributed by atoms with E-state index in [0.29, 0.717) is 27.7 Å². The highest BCUT2D eigenvalue weighted by Crippen LogP contribution is 2.37. The molecule has 12 heteroatoms. The maximum absolute atomic E-state index is 14.2. The molecule has 0 saturated heterocycles. The summed E-state index contributed by atoms with van der Waals surface area (Å²) in [6.07, 6.45) is 5.05. The standard InChI is InChI=1S/C31H21FN6O5/c1-42-28(39)16-37-25-13-20(26(12-19(25)15-34-37)36-10-4-9-33-36)17-43-27-14-18-11-21(32)7-8-24(18)35-29(27)38-30(40)22-5-2-3-6-23(22)31(38)41/h2-15H,16-17H2,1H3. The number of ether oxygens (including phenoxy) is 2. The van der Waals surface area contributed by atoms with Crippen molar-refractivity contribution in [3.8, 4) is 11.4 Å². The maximum Gasteiger partial charge on any atom is 0.327 e. The summed E-state index contributed by atoms with van der Waals surface area (Å²) in [6.45, 7) is -0.154. The Hall–Kier alpha value is -5.91. The first-order valence-corrected chi connectivity index (χ1v) is 13.2. The molecule has 7 rings (SSSR count). The van der Waals surface area contributed by atoms with E-state index in [0.717, 1.165) is 10.3 Å². The van der Waals surface area contributed by atoms with Crippen LogP contribution in [-0.2, 0) is 22.7 Å². The molecule has 0 radical (unpaired) electrons. The van der Waals surface area contributed by atoms with E-state index < -0.39 is 23.6 Å². The van der Waals surface area contributed by atoms with E-state index in [2.05, 4.69) is 15.2 Å². The topological polar surface area (TPSA) is 121 Å². The molecule has 2 amide bonds. The summed E-state index contributed by atoms with van der Waals surface area (Å²) in [7, 11) is 1.30. The Morgan fingerprint density at radius 2 is 1.72 bits per heavy atom. The number of halogens is 1. The number of pyridine rings is 1. The van der Waals surface area contributed by atoms with Crippen molar-refractivity contribution in [2.24, 2.45) is 0 Å². The molecule has 0 unspecified atom stereocenters. The molecule has 0 atom stereocenters. The van der Waals surface area contributed by atoms with Crippen LogP contribution in [0.25, 0.3) is 27.5 Å². The SMILES string of the molecule is COC(=O)Cn1ncc2cc(-n3cccn3)c(COc3cc4cc(F)ccc4nc3N3C(=O)c4ccccc4C3=O)cc21. The molecular formula is C31H21FN6O5. The second-order valence-corrected chi connectivity index (χ2v) is 9.80. The number of nitrogens with zero attached hydrogens (tertiary/aromatic N) is 6. The van der Waals surface area contributed by atoms with E-state index in [-0.39, 0.29) is 35.8 Å². The minimum Gasteiger partial charge on any atom is -0.485 e. The molecule has 0 N–H and O–H groups in total. The zero-order chi connectivity index (χ0) is 29.7. The minimum atomic E-state index is -0.537. The summed E-state index contributed by atoms with van der Waals surface area (Å²) >= 11 is 0. The molecule has 0 aliphatic carbocycles. The average Bonchev–Trinajstić information content (AvgIpc) is 3.75. The van der Waals surface area contributed by atoms with Crippen molar-refractivity contribution < 1.29 is 28.2 Å². The third-order valence-electron chi connectivity index (χ3n) is 7.21. The Kier molecular flexibility index (Phi) is 6.16. The first-order chi connectivity index (χ1) is 20.9. The number of hydrogen-bond acceptors (Lipinski definition) is 8. The van der Waals surface area contributed by atoms with Crippen molar-refractivity contribution in [2.45, 2.75) is 13.2 Å². The number of rotatable bonds is 7. The molecule has 0 saturated carbocycles. The molecule has 0 spiro atoms. The number of hydrogen-bond donors (Lipinski definition) is 0. The van der Waals surface area contributed by atoms with E-state index >= 15 is 0 Å². The molecule has 3 aromatic carbocycles. The van der Waals surface area contributed by atoms with Crippen molar-refractivity contribution in [1.29, 1.82) is 0 Å². The number of methoxy groups -OCH3 is 1. The highest BCUT2D eigenvalue weighted by molar-refractivity contribution is 6.34. The van der Waals surface area contributed by atoms with Gasteiger partial charge in [-0.3, -0.25) is 19.1 Å². The number of benzene rings is 3. The Morgan fingerprint density at radius 3 is 2.44 bits per heavy atom. The predicted octanol–water partition coefficient (Wildman–Crippen LogP) is 4.46. The summed E-state index contributed by atoms with van der Waals surface area (Å²) < 4.78 is 28.4. The van der Waals surface area contributed by atoms with Gasteiger partial charge >= 0.3 is 5.97 Å². The second kappa shape index (κ2) is 10.2. The molecule has 3 aromatic heterocycles. The van der Waals surface area contributed by atoms with Gasteiger partial charge < -0.3 is 9.47 Å². The molecule has 0 fully saturated rings. The number of imide groups is 1. The minimum absolute atomic E-state index is 0.0113. The fourth-order valence-electron chi connectivity index (χ4n) is 5.13. The van der Waals surface area contributed by atoms with Gasteiger partial charge in [0.2, 0.25) is 0 Å². The molecular weight excluding hydrogens is 555 g/mol. The van der Waals surface area contributed by atoms with Crippen molar-refractivity contribution in [2.75, 3.05) is 12.0 Å². The van der Waals surface area contributed by atoms with Crippen LogP contribution in [0.3, 0.4) is 0 Å². The molecule has 1 aliphatic rings. The van der Waals surface area contributed by atoms with Gasteiger partial charge in [-0.25, -0.2) is 19.0 Å². The zero-order valence-corrected chi connectivity index (χ0v) is 22.6. The smallest absolute Gasteiger partial charge is 0.327 e. The highest BCUT2D eigenvalue weighted by atomic mass is 19.1. The van der Waals surface area contributed by atoms with Crippen LogP contribution in [0, 0.1) is 5.82 Å². The van der Waals surface area contributed by atoms with Gasteiger partial charge in [-0.1, -0.05) is 12.1 Å². The Bertz CT molecular complexity index is 2050. The summed E-state index contributed by atoms with van der Waals surface area (Å²) in [6, 6.07) is 17.6. The van der Waals surface area contributed by atoms with Gasteiger partial charge in [0, 0.05) is 28.7 Å². The lowest BCUT2D eigenvalue weighted by atomic mass is 10.1. The van der Waals surface area contributed by atoms with Gasteiger partial charge in [0.15, 0.2) is 11.6 Å². The van der Waals surface area contributed by atoms with E-state index in [9.17, 15) is 18.8 Å². The second-order valence-electron chi connectivity index (χ2n) is 9.80. The molecule has 0 bridgehead atoms. The van der Waals surface area contributed by atoms with E-state index in [1.807, 2.05) is 12.1 Å². The molecule has 43 heavy (non-hydrogen) atoms. The van der Waals surface area contributed by atoms with Crippen LogP contribution in [-0.4, -0.2) is 49.4 Å². The molecule has 6 aromatic rings. The van der Waals surface area contributed by atoms with Crippen LogP contribution in [0.2, 0.25) is 0 Å². The van der Waals surface area contributed by atoms with Crippen molar-refractivity contribution >= 4 is 45.4 Å². The number of carbonyl (C=O) groups excluding carboxylic acids is 3. The van der Waals surface area contributed by atoms with Crippen molar-refractivity contribution in [3.05, 3.63) is 108 Å². The van der Waals surface area contributed by atoms with Gasteiger partial charge in [-0.15, -0.1) is 0 Å². The number of aromatic nitrogens is 5. The van der Waals surface area contributed by atoms with Crippen molar-refractivity contribution in [1.82, 2.24) is 24.5 Å². The summed E-state index contributed by atoms with van der Waals surface area (Å²) in [4.78, 5) is 44.3. The van der Waals surface area contributed by atoms with Gasteiger partial charge in [0.05, 0.1) is 41.2 Å². The predicted molar refractivity (Wildman–Crippen MR) is 152 cm³/mol. The number of carbonyl (C=O) groups is 3. The number of esters is 1. The fraction of sp³-hybridized carbons (Fsp3) is 0.0968. The number of fused-ring (bicyclic) bond motifs is 3. The lowest BCUT2D eigenvalue weighted by molar-refractivity contribution is -0.141. The first-order valence-electron chi connectivity index (χ1n) is 13.2. The monoisotopic (exact) mass is 576 g/mol. The maximum atomic E-state index is 14.2.